The summed E-state index contributed by atoms with van der Waals surface area (Å²) in [5.74, 6) is 0.563. The monoisotopic (exact) mass is 318 g/mol. The lowest BCUT2D eigenvalue weighted by atomic mass is 10.2. The van der Waals surface area contributed by atoms with Crippen LogP contribution in [0.15, 0.2) is 24.3 Å². The number of piperazine rings is 1. The highest BCUT2D eigenvalue weighted by molar-refractivity contribution is 5.89. The minimum atomic E-state index is -0.179. The number of nitrogens with zero attached hydrogens (tertiary/aromatic N) is 2. The predicted molar refractivity (Wildman–Crippen MR) is 92.8 cm³/mol. The van der Waals surface area contributed by atoms with Gasteiger partial charge in [-0.2, -0.15) is 0 Å². The zero-order valence-electron chi connectivity index (χ0n) is 14.1. The second-order valence-corrected chi connectivity index (χ2v) is 6.27. The molecule has 2 N–H and O–H groups in total. The van der Waals surface area contributed by atoms with Crippen LogP contribution >= 0.6 is 0 Å². The summed E-state index contributed by atoms with van der Waals surface area (Å²) in [4.78, 5) is 27.2. The van der Waals surface area contributed by atoms with Crippen molar-refractivity contribution < 1.29 is 9.59 Å². The van der Waals surface area contributed by atoms with Gasteiger partial charge in [0.2, 0.25) is 5.91 Å². The molecule has 6 heteroatoms. The minimum absolute atomic E-state index is 0.136. The number of benzene rings is 1. The highest BCUT2D eigenvalue weighted by atomic mass is 16.2. The predicted octanol–water partition coefficient (Wildman–Crippen LogP) is 2.13. The number of hydrogen-bond acceptors (Lipinski definition) is 3. The number of nitrogens with one attached hydrogen (secondary N) is 2. The molecule has 1 aromatic carbocycles. The number of carbonyl (C=O) groups excluding carboxylic acids is 2. The van der Waals surface area contributed by atoms with Gasteiger partial charge >= 0.3 is 6.03 Å². The molecule has 6 nitrogen and oxygen atoms in total. The molecule has 3 amide bonds. The molecule has 1 aromatic rings. The van der Waals surface area contributed by atoms with Gasteiger partial charge in [0.15, 0.2) is 0 Å². The first-order valence-corrected chi connectivity index (χ1v) is 8.11. The zero-order chi connectivity index (χ0) is 16.8. The van der Waals surface area contributed by atoms with Crippen molar-refractivity contribution in [2.24, 2.45) is 5.92 Å². The van der Waals surface area contributed by atoms with Gasteiger partial charge < -0.3 is 20.4 Å². The average molecular weight is 318 g/mol. The summed E-state index contributed by atoms with van der Waals surface area (Å²) in [7, 11) is 0. The van der Waals surface area contributed by atoms with Crippen LogP contribution in [0.4, 0.5) is 16.2 Å². The molecule has 126 valence electrons. The molecule has 1 saturated heterocycles. The van der Waals surface area contributed by atoms with Gasteiger partial charge in [-0.25, -0.2) is 4.79 Å². The molecule has 0 aliphatic carbocycles. The van der Waals surface area contributed by atoms with E-state index >= 15 is 0 Å². The Kier molecular flexibility index (Phi) is 5.84. The molecular formula is C17H26N4O2. The van der Waals surface area contributed by atoms with E-state index in [1.54, 1.807) is 6.92 Å². The maximum Gasteiger partial charge on any atom is 0.319 e. The molecule has 0 radical (unpaired) electrons. The fourth-order valence-electron chi connectivity index (χ4n) is 2.51. The third-order valence-corrected chi connectivity index (χ3v) is 3.89. The van der Waals surface area contributed by atoms with E-state index in [0.29, 0.717) is 12.5 Å². The molecule has 0 bridgehead atoms. The molecule has 1 heterocycles. The van der Waals surface area contributed by atoms with Gasteiger partial charge in [-0.3, -0.25) is 4.79 Å². The van der Waals surface area contributed by atoms with E-state index in [4.69, 9.17) is 0 Å². The van der Waals surface area contributed by atoms with Crippen LogP contribution in [-0.2, 0) is 4.79 Å². The van der Waals surface area contributed by atoms with Crippen LogP contribution in [0.3, 0.4) is 0 Å². The zero-order valence-corrected chi connectivity index (χ0v) is 14.1. The molecule has 0 unspecified atom stereocenters. The lowest BCUT2D eigenvalue weighted by Crippen LogP contribution is -2.48. The van der Waals surface area contributed by atoms with Crippen LogP contribution in [0.1, 0.15) is 20.8 Å². The van der Waals surface area contributed by atoms with Crippen LogP contribution in [0, 0.1) is 5.92 Å². The molecule has 0 atom stereocenters. The first-order valence-electron chi connectivity index (χ1n) is 8.11. The number of rotatable bonds is 4. The topological polar surface area (TPSA) is 64.7 Å². The average Bonchev–Trinajstić information content (AvgIpc) is 2.54. The quantitative estimate of drug-likeness (QED) is 0.894. The number of amides is 3. The van der Waals surface area contributed by atoms with Crippen LogP contribution in [0.5, 0.6) is 0 Å². The largest absolute Gasteiger partial charge is 0.368 e. The van der Waals surface area contributed by atoms with Gasteiger partial charge in [-0.05, 0) is 30.2 Å². The molecule has 0 aromatic heterocycles. The van der Waals surface area contributed by atoms with Crippen molar-refractivity contribution in [3.63, 3.8) is 0 Å². The van der Waals surface area contributed by atoms with Crippen LogP contribution < -0.4 is 15.5 Å². The number of urea groups is 1. The van der Waals surface area contributed by atoms with Crippen molar-refractivity contribution in [3.8, 4) is 0 Å². The smallest absolute Gasteiger partial charge is 0.319 e. The molecular weight excluding hydrogens is 292 g/mol. The Labute approximate surface area is 137 Å². The van der Waals surface area contributed by atoms with Crippen molar-refractivity contribution in [1.29, 1.82) is 0 Å². The fourth-order valence-corrected chi connectivity index (χ4v) is 2.51. The van der Waals surface area contributed by atoms with Gasteiger partial charge in [-0.15, -0.1) is 0 Å². The van der Waals surface area contributed by atoms with Gasteiger partial charge in [0.1, 0.15) is 0 Å². The fraction of sp³-hybridized carbons (Fsp3) is 0.529. The summed E-state index contributed by atoms with van der Waals surface area (Å²) in [6.07, 6.45) is 0. The third-order valence-electron chi connectivity index (χ3n) is 3.89. The van der Waals surface area contributed by atoms with Gasteiger partial charge in [0, 0.05) is 51.0 Å². The maximum absolute atomic E-state index is 11.7. The first-order chi connectivity index (χ1) is 11.0. The molecule has 23 heavy (non-hydrogen) atoms. The molecule has 2 rings (SSSR count). The summed E-state index contributed by atoms with van der Waals surface area (Å²) in [6, 6.07) is 7.63. The Hall–Kier alpha value is -2.24. The van der Waals surface area contributed by atoms with Crippen LogP contribution in [-0.4, -0.2) is 49.6 Å². The van der Waals surface area contributed by atoms with Crippen molar-refractivity contribution in [1.82, 2.24) is 10.2 Å². The first kappa shape index (κ1) is 17.1. The molecule has 0 saturated carbocycles. The van der Waals surface area contributed by atoms with E-state index in [-0.39, 0.29) is 11.9 Å². The second kappa shape index (κ2) is 7.85. The van der Waals surface area contributed by atoms with E-state index in [2.05, 4.69) is 29.4 Å². The summed E-state index contributed by atoms with van der Waals surface area (Å²) < 4.78 is 0. The van der Waals surface area contributed by atoms with Gasteiger partial charge in [0.05, 0.1) is 0 Å². The molecule has 1 aliphatic rings. The van der Waals surface area contributed by atoms with Crippen LogP contribution in [0.2, 0.25) is 0 Å². The lowest BCUT2D eigenvalue weighted by molar-refractivity contribution is -0.129. The Morgan fingerprint density at radius 2 is 1.70 bits per heavy atom. The molecule has 1 aliphatic heterocycles. The van der Waals surface area contributed by atoms with E-state index in [9.17, 15) is 9.59 Å². The third kappa shape index (κ3) is 5.16. The summed E-state index contributed by atoms with van der Waals surface area (Å²) in [5, 5.41) is 5.65. The van der Waals surface area contributed by atoms with E-state index in [1.165, 1.54) is 0 Å². The summed E-state index contributed by atoms with van der Waals surface area (Å²) in [5.41, 5.74) is 1.89. The highest BCUT2D eigenvalue weighted by Gasteiger charge is 2.18. The van der Waals surface area contributed by atoms with Crippen molar-refractivity contribution in [2.75, 3.05) is 42.9 Å². The Morgan fingerprint density at radius 1 is 1.09 bits per heavy atom. The summed E-state index contributed by atoms with van der Waals surface area (Å²) in [6.45, 7) is 9.56. The Bertz CT molecular complexity index is 534. The van der Waals surface area contributed by atoms with Gasteiger partial charge in [0.25, 0.3) is 0 Å². The van der Waals surface area contributed by atoms with Crippen molar-refractivity contribution in [2.45, 2.75) is 20.8 Å². The van der Waals surface area contributed by atoms with Crippen molar-refractivity contribution in [3.05, 3.63) is 24.3 Å². The number of carbonyl (C=O) groups is 2. The molecule has 1 fully saturated rings. The number of hydrogen-bond donors (Lipinski definition) is 2. The number of anilines is 2. The van der Waals surface area contributed by atoms with E-state index < -0.39 is 0 Å². The summed E-state index contributed by atoms with van der Waals surface area (Å²) >= 11 is 0. The Morgan fingerprint density at radius 3 is 2.22 bits per heavy atom. The maximum atomic E-state index is 11.7. The highest BCUT2D eigenvalue weighted by Crippen LogP contribution is 2.19. The SMILES string of the molecule is CC(=O)N1CCN(c2ccc(NC(=O)NCC(C)C)cc2)CC1. The van der Waals surface area contributed by atoms with E-state index in [0.717, 1.165) is 37.6 Å². The lowest BCUT2D eigenvalue weighted by Gasteiger charge is -2.35. The second-order valence-electron chi connectivity index (χ2n) is 6.27. The Balaban J connectivity index is 1.85. The van der Waals surface area contributed by atoms with E-state index in [1.807, 2.05) is 29.2 Å². The molecule has 0 spiro atoms. The minimum Gasteiger partial charge on any atom is -0.368 e. The van der Waals surface area contributed by atoms with Gasteiger partial charge in [-0.1, -0.05) is 13.8 Å². The van der Waals surface area contributed by atoms with Crippen LogP contribution in [0.25, 0.3) is 0 Å². The normalized spacial score (nSPS) is 14.8. The standard InChI is InChI=1S/C17H26N4O2/c1-13(2)12-18-17(23)19-15-4-6-16(7-5-15)21-10-8-20(9-11-21)14(3)22/h4-7,13H,8-12H2,1-3H3,(H2,18,19,23). The van der Waals surface area contributed by atoms with Crippen molar-refractivity contribution >= 4 is 23.3 Å².